The van der Waals surface area contributed by atoms with Gasteiger partial charge >= 0.3 is 11.9 Å². The summed E-state index contributed by atoms with van der Waals surface area (Å²) in [7, 11) is 0. The highest BCUT2D eigenvalue weighted by Crippen LogP contribution is 2.36. The van der Waals surface area contributed by atoms with E-state index in [-0.39, 0.29) is 5.97 Å². The Morgan fingerprint density at radius 1 is 1.17 bits per heavy atom. The monoisotopic (exact) mass is 347 g/mol. The fourth-order valence-electron chi connectivity index (χ4n) is 2.31. The SMILES string of the molecule is CCOC(=O)/C=C1/NC(c2ccccc2)=C(C)C(C(=O)OCC)S1. The number of hydrogen-bond acceptors (Lipinski definition) is 6. The number of carbonyl (C=O) groups is 2. The summed E-state index contributed by atoms with van der Waals surface area (Å²) in [4.78, 5) is 24.0. The van der Waals surface area contributed by atoms with Crippen LogP contribution in [-0.4, -0.2) is 30.4 Å². The first kappa shape index (κ1) is 18.1. The molecule has 0 saturated heterocycles. The molecule has 6 heteroatoms. The second-order valence-electron chi connectivity index (χ2n) is 5.06. The summed E-state index contributed by atoms with van der Waals surface area (Å²) in [5.74, 6) is -0.758. The highest BCUT2D eigenvalue weighted by atomic mass is 32.2. The van der Waals surface area contributed by atoms with E-state index >= 15 is 0 Å². The third-order valence-electron chi connectivity index (χ3n) is 3.38. The summed E-state index contributed by atoms with van der Waals surface area (Å²) >= 11 is 1.26. The first-order valence-electron chi connectivity index (χ1n) is 7.81. The zero-order valence-corrected chi connectivity index (χ0v) is 14.8. The molecule has 24 heavy (non-hydrogen) atoms. The molecule has 0 amide bonds. The van der Waals surface area contributed by atoms with Crippen LogP contribution in [0.5, 0.6) is 0 Å². The van der Waals surface area contributed by atoms with E-state index in [1.807, 2.05) is 37.3 Å². The number of benzene rings is 1. The van der Waals surface area contributed by atoms with Crippen molar-refractivity contribution < 1.29 is 19.1 Å². The highest BCUT2D eigenvalue weighted by molar-refractivity contribution is 8.04. The molecule has 1 aliphatic rings. The van der Waals surface area contributed by atoms with Crippen molar-refractivity contribution in [3.8, 4) is 0 Å². The van der Waals surface area contributed by atoms with Crippen LogP contribution in [0, 0.1) is 0 Å². The Bertz CT molecular complexity index is 667. The van der Waals surface area contributed by atoms with Gasteiger partial charge in [0.05, 0.1) is 24.3 Å². The van der Waals surface area contributed by atoms with E-state index in [0.717, 1.165) is 16.8 Å². The Balaban J connectivity index is 2.39. The lowest BCUT2D eigenvalue weighted by molar-refractivity contribution is -0.141. The second kappa shape index (κ2) is 8.59. The Hall–Kier alpha value is -2.21. The highest BCUT2D eigenvalue weighted by Gasteiger charge is 2.31. The third-order valence-corrected chi connectivity index (χ3v) is 4.63. The number of hydrogen-bond donors (Lipinski definition) is 1. The molecule has 2 rings (SSSR count). The minimum Gasteiger partial charge on any atom is -0.465 e. The molecule has 128 valence electrons. The number of carbonyl (C=O) groups excluding carboxylic acids is 2. The van der Waals surface area contributed by atoms with E-state index in [0.29, 0.717) is 18.2 Å². The number of rotatable bonds is 5. The Kier molecular flexibility index (Phi) is 6.49. The predicted molar refractivity (Wildman–Crippen MR) is 94.9 cm³/mol. The average molecular weight is 347 g/mol. The van der Waals surface area contributed by atoms with Gasteiger partial charge in [0.2, 0.25) is 0 Å². The van der Waals surface area contributed by atoms with Crippen molar-refractivity contribution in [1.29, 1.82) is 0 Å². The van der Waals surface area contributed by atoms with E-state index in [1.165, 1.54) is 17.8 Å². The normalized spacial score (nSPS) is 19.0. The van der Waals surface area contributed by atoms with Crippen LogP contribution in [0.4, 0.5) is 0 Å². The molecule has 0 aromatic heterocycles. The minimum absolute atomic E-state index is 0.301. The smallest absolute Gasteiger partial charge is 0.333 e. The average Bonchev–Trinajstić information content (AvgIpc) is 2.57. The lowest BCUT2D eigenvalue weighted by Crippen LogP contribution is -2.30. The van der Waals surface area contributed by atoms with Gasteiger partial charge in [0.25, 0.3) is 0 Å². The lowest BCUT2D eigenvalue weighted by atomic mass is 10.0. The molecule has 5 nitrogen and oxygen atoms in total. The van der Waals surface area contributed by atoms with E-state index in [9.17, 15) is 9.59 Å². The van der Waals surface area contributed by atoms with Crippen LogP contribution in [0.3, 0.4) is 0 Å². The van der Waals surface area contributed by atoms with Crippen molar-refractivity contribution in [2.24, 2.45) is 0 Å². The van der Waals surface area contributed by atoms with Crippen LogP contribution < -0.4 is 5.32 Å². The predicted octanol–water partition coefficient (Wildman–Crippen LogP) is 3.09. The molecule has 1 N–H and O–H groups in total. The quantitative estimate of drug-likeness (QED) is 0.652. The Morgan fingerprint density at radius 3 is 2.46 bits per heavy atom. The van der Waals surface area contributed by atoms with Gasteiger partial charge < -0.3 is 14.8 Å². The van der Waals surface area contributed by atoms with Gasteiger partial charge in [-0.25, -0.2) is 4.79 Å². The van der Waals surface area contributed by atoms with Crippen molar-refractivity contribution in [3.63, 3.8) is 0 Å². The van der Waals surface area contributed by atoms with E-state index < -0.39 is 11.2 Å². The van der Waals surface area contributed by atoms with Gasteiger partial charge in [-0.15, -0.1) is 0 Å². The van der Waals surface area contributed by atoms with Crippen LogP contribution in [0.1, 0.15) is 26.3 Å². The summed E-state index contributed by atoms with van der Waals surface area (Å²) in [6, 6.07) is 9.67. The van der Waals surface area contributed by atoms with Gasteiger partial charge in [-0.1, -0.05) is 42.1 Å². The number of esters is 2. The molecule has 0 bridgehead atoms. The van der Waals surface area contributed by atoms with Gasteiger partial charge in [-0.05, 0) is 31.9 Å². The third kappa shape index (κ3) is 4.41. The fraction of sp³-hybridized carbons (Fsp3) is 0.333. The molecule has 0 spiro atoms. The molecule has 1 heterocycles. The molecule has 1 aliphatic heterocycles. The molecule has 1 unspecified atom stereocenters. The van der Waals surface area contributed by atoms with Crippen LogP contribution in [-0.2, 0) is 19.1 Å². The maximum atomic E-state index is 12.3. The summed E-state index contributed by atoms with van der Waals surface area (Å²) < 4.78 is 10.1. The second-order valence-corrected chi connectivity index (χ2v) is 6.21. The molecule has 0 saturated carbocycles. The van der Waals surface area contributed by atoms with Crippen molar-refractivity contribution >= 4 is 29.4 Å². The van der Waals surface area contributed by atoms with Crippen LogP contribution in [0.2, 0.25) is 0 Å². The molecule has 0 fully saturated rings. The number of thioether (sulfide) groups is 1. The van der Waals surface area contributed by atoms with Gasteiger partial charge in [0.15, 0.2) is 0 Å². The van der Waals surface area contributed by atoms with Gasteiger partial charge in [0.1, 0.15) is 5.25 Å². The summed E-state index contributed by atoms with van der Waals surface area (Å²) in [6.07, 6.45) is 1.37. The maximum absolute atomic E-state index is 12.3. The molecule has 0 radical (unpaired) electrons. The Labute approximate surface area is 146 Å². The molecule has 0 aliphatic carbocycles. The van der Waals surface area contributed by atoms with Crippen molar-refractivity contribution in [3.05, 3.63) is 52.6 Å². The van der Waals surface area contributed by atoms with Crippen LogP contribution in [0.15, 0.2) is 47.0 Å². The largest absolute Gasteiger partial charge is 0.465 e. The zero-order valence-electron chi connectivity index (χ0n) is 14.0. The van der Waals surface area contributed by atoms with Crippen molar-refractivity contribution in [1.82, 2.24) is 5.32 Å². The van der Waals surface area contributed by atoms with Gasteiger partial charge in [0, 0.05) is 5.70 Å². The first-order valence-corrected chi connectivity index (χ1v) is 8.69. The number of ether oxygens (including phenoxy) is 2. The zero-order chi connectivity index (χ0) is 17.5. The summed E-state index contributed by atoms with van der Waals surface area (Å²) in [6.45, 7) is 6.03. The standard InChI is InChI=1S/C18H21NO4S/c1-4-22-15(20)11-14-19-16(13-9-7-6-8-10-13)12(3)17(24-14)18(21)23-5-2/h6-11,17,19H,4-5H2,1-3H3/b14-11-. The molecule has 1 aromatic rings. The van der Waals surface area contributed by atoms with Crippen molar-refractivity contribution in [2.75, 3.05) is 13.2 Å². The van der Waals surface area contributed by atoms with E-state index in [4.69, 9.17) is 9.47 Å². The maximum Gasteiger partial charge on any atom is 0.333 e. The molecular weight excluding hydrogens is 326 g/mol. The summed E-state index contributed by atoms with van der Waals surface area (Å²) in [5.41, 5.74) is 2.62. The fourth-order valence-corrected chi connectivity index (χ4v) is 3.34. The minimum atomic E-state index is -0.498. The Morgan fingerprint density at radius 2 is 1.83 bits per heavy atom. The molecule has 1 aromatic carbocycles. The van der Waals surface area contributed by atoms with Gasteiger partial charge in [-0.3, -0.25) is 4.79 Å². The summed E-state index contributed by atoms with van der Waals surface area (Å²) in [5, 5.41) is 3.30. The lowest BCUT2D eigenvalue weighted by Gasteiger charge is -2.28. The topological polar surface area (TPSA) is 64.6 Å². The molecular formula is C18H21NO4S. The first-order chi connectivity index (χ1) is 11.6. The van der Waals surface area contributed by atoms with Gasteiger partial charge in [-0.2, -0.15) is 0 Å². The van der Waals surface area contributed by atoms with Crippen LogP contribution >= 0.6 is 11.8 Å². The van der Waals surface area contributed by atoms with Crippen molar-refractivity contribution in [2.45, 2.75) is 26.0 Å². The van der Waals surface area contributed by atoms with Crippen LogP contribution in [0.25, 0.3) is 5.70 Å². The number of nitrogens with one attached hydrogen (secondary N) is 1. The van der Waals surface area contributed by atoms with E-state index in [1.54, 1.807) is 13.8 Å². The molecule has 1 atom stereocenters. The van der Waals surface area contributed by atoms with E-state index in [2.05, 4.69) is 5.32 Å².